The minimum absolute atomic E-state index is 0. The van der Waals surface area contributed by atoms with E-state index >= 15 is 0 Å². The van der Waals surface area contributed by atoms with E-state index in [1.54, 1.807) is 0 Å². The number of halogens is 1. The van der Waals surface area contributed by atoms with E-state index in [-0.39, 0.29) is 24.0 Å². The maximum absolute atomic E-state index is 5.39. The van der Waals surface area contributed by atoms with Crippen molar-refractivity contribution in [2.75, 3.05) is 72.1 Å². The molecule has 1 aliphatic heterocycles. The first-order valence-electron chi connectivity index (χ1n) is 10.3. The van der Waals surface area contributed by atoms with E-state index in [4.69, 9.17) is 9.73 Å². The summed E-state index contributed by atoms with van der Waals surface area (Å²) < 4.78 is 5.39. The highest BCUT2D eigenvalue weighted by Crippen LogP contribution is 1.98. The largest absolute Gasteiger partial charge is 0.379 e. The molecule has 1 rings (SSSR count). The second-order valence-corrected chi connectivity index (χ2v) is 6.69. The normalized spacial score (nSPS) is 15.8. The Balaban J connectivity index is 0.00000625. The molecule has 1 saturated heterocycles. The Labute approximate surface area is 178 Å². The second kappa shape index (κ2) is 18.3. The minimum atomic E-state index is 0. The average molecular weight is 483 g/mol. The van der Waals surface area contributed by atoms with Crippen LogP contribution >= 0.6 is 24.0 Å². The standard InChI is InChI=1S/C19H41N5O.HI/c1-4-11-23(12-5-2)13-7-9-21-19(20-6-3)22-10-8-14-24-15-17-25-18-16-24;/h4-18H2,1-3H3,(H2,20,21,22);1H. The molecule has 26 heavy (non-hydrogen) atoms. The van der Waals surface area contributed by atoms with Crippen LogP contribution in [0.4, 0.5) is 0 Å². The van der Waals surface area contributed by atoms with Crippen molar-refractivity contribution in [1.29, 1.82) is 0 Å². The third kappa shape index (κ3) is 13.1. The predicted octanol–water partition coefficient (Wildman–Crippen LogP) is 2.39. The fourth-order valence-corrected chi connectivity index (χ4v) is 3.13. The molecule has 7 heteroatoms. The highest BCUT2D eigenvalue weighted by molar-refractivity contribution is 14.0. The minimum Gasteiger partial charge on any atom is -0.379 e. The molecule has 0 atom stereocenters. The van der Waals surface area contributed by atoms with E-state index in [0.29, 0.717) is 0 Å². The molecule has 1 heterocycles. The van der Waals surface area contributed by atoms with Crippen LogP contribution in [0.25, 0.3) is 0 Å². The van der Waals surface area contributed by atoms with Gasteiger partial charge in [-0.25, -0.2) is 0 Å². The summed E-state index contributed by atoms with van der Waals surface area (Å²) in [5.41, 5.74) is 0. The van der Waals surface area contributed by atoms with Crippen molar-refractivity contribution >= 4 is 29.9 Å². The van der Waals surface area contributed by atoms with Crippen molar-refractivity contribution in [2.45, 2.75) is 46.5 Å². The first-order valence-corrected chi connectivity index (χ1v) is 10.3. The lowest BCUT2D eigenvalue weighted by molar-refractivity contribution is 0.0376. The monoisotopic (exact) mass is 483 g/mol. The summed E-state index contributed by atoms with van der Waals surface area (Å²) in [6.07, 6.45) is 4.74. The SMILES string of the molecule is CCCN(CCC)CCCN=C(NCC)NCCCN1CCOCC1.I. The Hall–Kier alpha value is -0.120. The molecule has 2 N–H and O–H groups in total. The Morgan fingerprint density at radius 2 is 1.69 bits per heavy atom. The van der Waals surface area contributed by atoms with Crippen LogP contribution in [0.1, 0.15) is 46.5 Å². The van der Waals surface area contributed by atoms with Crippen LogP contribution in [-0.2, 0) is 4.74 Å². The third-order valence-electron chi connectivity index (χ3n) is 4.37. The van der Waals surface area contributed by atoms with E-state index in [0.717, 1.165) is 77.8 Å². The first-order chi connectivity index (χ1) is 12.3. The molecule has 0 aliphatic carbocycles. The molecule has 1 fully saturated rings. The van der Waals surface area contributed by atoms with Gasteiger partial charge in [0.25, 0.3) is 0 Å². The number of nitrogens with one attached hydrogen (secondary N) is 2. The van der Waals surface area contributed by atoms with Gasteiger partial charge in [-0.2, -0.15) is 0 Å². The molecule has 0 amide bonds. The summed E-state index contributed by atoms with van der Waals surface area (Å²) in [5.74, 6) is 0.960. The fourth-order valence-electron chi connectivity index (χ4n) is 3.13. The van der Waals surface area contributed by atoms with Crippen molar-refractivity contribution in [3.05, 3.63) is 0 Å². The maximum atomic E-state index is 5.39. The summed E-state index contributed by atoms with van der Waals surface area (Å²) >= 11 is 0. The molecule has 1 aliphatic rings. The predicted molar refractivity (Wildman–Crippen MR) is 123 cm³/mol. The van der Waals surface area contributed by atoms with Gasteiger partial charge in [0.2, 0.25) is 0 Å². The van der Waals surface area contributed by atoms with Gasteiger partial charge in [0.1, 0.15) is 0 Å². The molecule has 0 radical (unpaired) electrons. The van der Waals surface area contributed by atoms with Crippen LogP contribution in [0.3, 0.4) is 0 Å². The van der Waals surface area contributed by atoms with Crippen LogP contribution in [0.5, 0.6) is 0 Å². The van der Waals surface area contributed by atoms with Crippen LogP contribution in [0.15, 0.2) is 4.99 Å². The average Bonchev–Trinajstić information content (AvgIpc) is 2.63. The van der Waals surface area contributed by atoms with E-state index in [1.165, 1.54) is 25.9 Å². The molecular formula is C19H42IN5O. The van der Waals surface area contributed by atoms with E-state index in [1.807, 2.05) is 0 Å². The van der Waals surface area contributed by atoms with Gasteiger partial charge >= 0.3 is 0 Å². The number of hydrogen-bond acceptors (Lipinski definition) is 4. The van der Waals surface area contributed by atoms with Crippen molar-refractivity contribution in [3.63, 3.8) is 0 Å². The highest BCUT2D eigenvalue weighted by atomic mass is 127. The van der Waals surface area contributed by atoms with Crippen molar-refractivity contribution in [2.24, 2.45) is 4.99 Å². The lowest BCUT2D eigenvalue weighted by Gasteiger charge is -2.26. The maximum Gasteiger partial charge on any atom is 0.191 e. The molecule has 0 unspecified atom stereocenters. The zero-order valence-corrected chi connectivity index (χ0v) is 19.6. The molecular weight excluding hydrogens is 441 g/mol. The molecule has 6 nitrogen and oxygen atoms in total. The fraction of sp³-hybridized carbons (Fsp3) is 0.947. The van der Waals surface area contributed by atoms with Gasteiger partial charge < -0.3 is 20.3 Å². The quantitative estimate of drug-likeness (QED) is 0.182. The Morgan fingerprint density at radius 1 is 1.00 bits per heavy atom. The number of guanidine groups is 1. The number of morpholine rings is 1. The summed E-state index contributed by atoms with van der Waals surface area (Å²) in [5, 5.41) is 6.82. The van der Waals surface area contributed by atoms with Crippen LogP contribution in [-0.4, -0.2) is 87.9 Å². The summed E-state index contributed by atoms with van der Waals surface area (Å²) in [6.45, 7) is 18.0. The highest BCUT2D eigenvalue weighted by Gasteiger charge is 2.09. The molecule has 0 bridgehead atoms. The Morgan fingerprint density at radius 3 is 2.31 bits per heavy atom. The van der Waals surface area contributed by atoms with Crippen LogP contribution < -0.4 is 10.6 Å². The lowest BCUT2D eigenvalue weighted by Crippen LogP contribution is -2.40. The van der Waals surface area contributed by atoms with Gasteiger partial charge in [0.05, 0.1) is 13.2 Å². The summed E-state index contributed by atoms with van der Waals surface area (Å²) in [7, 11) is 0. The number of hydrogen-bond donors (Lipinski definition) is 2. The molecule has 156 valence electrons. The second-order valence-electron chi connectivity index (χ2n) is 6.69. The van der Waals surface area contributed by atoms with E-state index in [9.17, 15) is 0 Å². The number of rotatable bonds is 13. The molecule has 0 aromatic rings. The molecule has 0 aromatic carbocycles. The van der Waals surface area contributed by atoms with Gasteiger partial charge in [0.15, 0.2) is 5.96 Å². The van der Waals surface area contributed by atoms with Gasteiger partial charge in [-0.05, 0) is 58.8 Å². The number of aliphatic imine (C=N–C) groups is 1. The summed E-state index contributed by atoms with van der Waals surface area (Å²) in [4.78, 5) is 9.76. The first kappa shape index (κ1) is 25.9. The zero-order valence-electron chi connectivity index (χ0n) is 17.3. The number of nitrogens with zero attached hydrogens (tertiary/aromatic N) is 3. The zero-order chi connectivity index (χ0) is 18.2. The van der Waals surface area contributed by atoms with Gasteiger partial charge in [-0.15, -0.1) is 24.0 Å². The van der Waals surface area contributed by atoms with Gasteiger partial charge in [-0.1, -0.05) is 13.8 Å². The third-order valence-corrected chi connectivity index (χ3v) is 4.37. The summed E-state index contributed by atoms with van der Waals surface area (Å²) in [6, 6.07) is 0. The van der Waals surface area contributed by atoms with Crippen molar-refractivity contribution < 1.29 is 4.74 Å². The van der Waals surface area contributed by atoms with Crippen molar-refractivity contribution in [3.8, 4) is 0 Å². The lowest BCUT2D eigenvalue weighted by atomic mass is 10.3. The van der Waals surface area contributed by atoms with Crippen LogP contribution in [0.2, 0.25) is 0 Å². The van der Waals surface area contributed by atoms with E-state index in [2.05, 4.69) is 41.2 Å². The molecule has 0 spiro atoms. The van der Waals surface area contributed by atoms with Crippen molar-refractivity contribution in [1.82, 2.24) is 20.4 Å². The Bertz CT molecular complexity index is 332. The topological polar surface area (TPSA) is 52.1 Å². The smallest absolute Gasteiger partial charge is 0.191 e. The molecule has 0 saturated carbocycles. The van der Waals surface area contributed by atoms with Gasteiger partial charge in [0, 0.05) is 32.7 Å². The Kier molecular flexibility index (Phi) is 18.2. The van der Waals surface area contributed by atoms with Crippen LogP contribution in [0, 0.1) is 0 Å². The van der Waals surface area contributed by atoms with E-state index < -0.39 is 0 Å². The molecule has 0 aromatic heterocycles. The number of ether oxygens (including phenoxy) is 1. The van der Waals surface area contributed by atoms with Gasteiger partial charge in [-0.3, -0.25) is 9.89 Å².